The third kappa shape index (κ3) is 2.23. The van der Waals surface area contributed by atoms with Gasteiger partial charge in [-0.1, -0.05) is 0 Å². The van der Waals surface area contributed by atoms with Gasteiger partial charge >= 0.3 is 6.18 Å². The summed E-state index contributed by atoms with van der Waals surface area (Å²) in [5, 5.41) is 0. The molecule has 3 nitrogen and oxygen atoms in total. The number of halogens is 4. The van der Waals surface area contributed by atoms with Gasteiger partial charge in [0.15, 0.2) is 0 Å². The zero-order chi connectivity index (χ0) is 11.8. The minimum absolute atomic E-state index is 0.0569. The quantitative estimate of drug-likeness (QED) is 0.697. The number of alkyl halides is 4. The summed E-state index contributed by atoms with van der Waals surface area (Å²) in [7, 11) is 0. The predicted octanol–water partition coefficient (Wildman–Crippen LogP) is 2.04. The van der Waals surface area contributed by atoms with Crippen molar-refractivity contribution >= 4 is 5.95 Å². The van der Waals surface area contributed by atoms with Crippen LogP contribution in [0.1, 0.15) is 12.1 Å². The van der Waals surface area contributed by atoms with E-state index in [2.05, 4.69) is 9.97 Å². The van der Waals surface area contributed by atoms with E-state index in [0.29, 0.717) is 13.0 Å². The van der Waals surface area contributed by atoms with Crippen LogP contribution in [0, 0.1) is 0 Å². The highest BCUT2D eigenvalue weighted by molar-refractivity contribution is 5.32. The molecule has 2 heterocycles. The van der Waals surface area contributed by atoms with Gasteiger partial charge in [-0.3, -0.25) is 0 Å². The lowest BCUT2D eigenvalue weighted by molar-refractivity contribution is -0.141. The van der Waals surface area contributed by atoms with E-state index in [-0.39, 0.29) is 12.5 Å². The fourth-order valence-corrected chi connectivity index (χ4v) is 1.56. The van der Waals surface area contributed by atoms with E-state index in [9.17, 15) is 17.6 Å². The van der Waals surface area contributed by atoms with E-state index in [1.807, 2.05) is 0 Å². The van der Waals surface area contributed by atoms with Crippen LogP contribution in [0.5, 0.6) is 0 Å². The number of anilines is 1. The summed E-state index contributed by atoms with van der Waals surface area (Å²) >= 11 is 0. The lowest BCUT2D eigenvalue weighted by atomic mass is 10.3. The predicted molar refractivity (Wildman–Crippen MR) is 48.8 cm³/mol. The summed E-state index contributed by atoms with van der Waals surface area (Å²) in [5.41, 5.74) is -1.00. The molecule has 1 aliphatic rings. The molecule has 1 aliphatic heterocycles. The van der Waals surface area contributed by atoms with Gasteiger partial charge in [-0.15, -0.1) is 0 Å². The molecule has 0 radical (unpaired) electrons. The van der Waals surface area contributed by atoms with E-state index < -0.39 is 18.0 Å². The zero-order valence-corrected chi connectivity index (χ0v) is 8.21. The average Bonchev–Trinajstić information content (AvgIpc) is 2.64. The Balaban J connectivity index is 2.23. The Morgan fingerprint density at radius 1 is 1.38 bits per heavy atom. The number of hydrogen-bond acceptors (Lipinski definition) is 3. The first-order chi connectivity index (χ1) is 7.47. The normalized spacial score (nSPS) is 21.5. The number of nitrogens with zero attached hydrogens (tertiary/aromatic N) is 3. The Labute approximate surface area is 89.1 Å². The molecule has 0 spiro atoms. The standard InChI is InChI=1S/C9H9F4N3/c10-6-2-4-16(5-6)8-14-3-1-7(15-8)9(11,12)13/h1,3,6H,2,4-5H2. The summed E-state index contributed by atoms with van der Waals surface area (Å²) in [4.78, 5) is 8.52. The van der Waals surface area contributed by atoms with Crippen molar-refractivity contribution in [3.63, 3.8) is 0 Å². The Kier molecular flexibility index (Phi) is 2.69. The smallest absolute Gasteiger partial charge is 0.338 e. The van der Waals surface area contributed by atoms with Gasteiger partial charge < -0.3 is 4.90 Å². The summed E-state index contributed by atoms with van der Waals surface area (Å²) in [6, 6.07) is 0.798. The van der Waals surface area contributed by atoms with Gasteiger partial charge in [0.1, 0.15) is 11.9 Å². The van der Waals surface area contributed by atoms with Crippen LogP contribution in [-0.4, -0.2) is 29.2 Å². The molecule has 0 aliphatic carbocycles. The topological polar surface area (TPSA) is 29.0 Å². The van der Waals surface area contributed by atoms with Crippen LogP contribution in [0.25, 0.3) is 0 Å². The molecular formula is C9H9F4N3. The Morgan fingerprint density at radius 3 is 2.69 bits per heavy atom. The van der Waals surface area contributed by atoms with Crippen molar-refractivity contribution in [2.75, 3.05) is 18.0 Å². The van der Waals surface area contributed by atoms with Gasteiger partial charge in [0.05, 0.1) is 6.54 Å². The van der Waals surface area contributed by atoms with E-state index in [1.165, 1.54) is 4.90 Å². The van der Waals surface area contributed by atoms with Crippen LogP contribution in [0.3, 0.4) is 0 Å². The van der Waals surface area contributed by atoms with Gasteiger partial charge in [-0.05, 0) is 12.5 Å². The average molecular weight is 235 g/mol. The van der Waals surface area contributed by atoms with Crippen LogP contribution >= 0.6 is 0 Å². The van der Waals surface area contributed by atoms with Crippen LogP contribution in [-0.2, 0) is 6.18 Å². The maximum absolute atomic E-state index is 12.9. The molecule has 1 aromatic heterocycles. The molecule has 0 bridgehead atoms. The molecule has 1 unspecified atom stereocenters. The fourth-order valence-electron chi connectivity index (χ4n) is 1.56. The molecule has 0 saturated carbocycles. The molecule has 0 N–H and O–H groups in total. The Bertz CT molecular complexity index is 379. The fraction of sp³-hybridized carbons (Fsp3) is 0.556. The van der Waals surface area contributed by atoms with E-state index in [0.717, 1.165) is 12.3 Å². The maximum Gasteiger partial charge on any atom is 0.433 e. The summed E-state index contributed by atoms with van der Waals surface area (Å²) in [6.45, 7) is 0.407. The van der Waals surface area contributed by atoms with Crippen molar-refractivity contribution in [3.05, 3.63) is 18.0 Å². The van der Waals surface area contributed by atoms with Crippen molar-refractivity contribution in [2.45, 2.75) is 18.8 Å². The summed E-state index contributed by atoms with van der Waals surface area (Å²) < 4.78 is 49.9. The van der Waals surface area contributed by atoms with Crippen molar-refractivity contribution in [2.24, 2.45) is 0 Å². The highest BCUT2D eigenvalue weighted by Gasteiger charge is 2.34. The third-order valence-electron chi connectivity index (χ3n) is 2.35. The van der Waals surface area contributed by atoms with Gasteiger partial charge in [0.2, 0.25) is 5.95 Å². The van der Waals surface area contributed by atoms with Crippen LogP contribution in [0.2, 0.25) is 0 Å². The van der Waals surface area contributed by atoms with E-state index in [1.54, 1.807) is 0 Å². The minimum atomic E-state index is -4.49. The first kappa shape index (κ1) is 11.1. The van der Waals surface area contributed by atoms with Crippen LogP contribution in [0.4, 0.5) is 23.5 Å². The van der Waals surface area contributed by atoms with E-state index in [4.69, 9.17) is 0 Å². The lowest BCUT2D eigenvalue weighted by Crippen LogP contribution is -2.23. The van der Waals surface area contributed by atoms with Gasteiger partial charge in [-0.25, -0.2) is 14.4 Å². The van der Waals surface area contributed by atoms with Crippen LogP contribution in [0.15, 0.2) is 12.3 Å². The maximum atomic E-state index is 12.9. The van der Waals surface area contributed by atoms with Crippen molar-refractivity contribution in [1.82, 2.24) is 9.97 Å². The highest BCUT2D eigenvalue weighted by Crippen LogP contribution is 2.28. The van der Waals surface area contributed by atoms with Crippen molar-refractivity contribution < 1.29 is 17.6 Å². The highest BCUT2D eigenvalue weighted by atomic mass is 19.4. The van der Waals surface area contributed by atoms with Gasteiger partial charge in [0.25, 0.3) is 0 Å². The lowest BCUT2D eigenvalue weighted by Gasteiger charge is -2.15. The molecule has 1 aromatic rings. The molecule has 7 heteroatoms. The first-order valence-electron chi connectivity index (χ1n) is 4.76. The van der Waals surface area contributed by atoms with E-state index >= 15 is 0 Å². The zero-order valence-electron chi connectivity index (χ0n) is 8.21. The first-order valence-corrected chi connectivity index (χ1v) is 4.76. The minimum Gasteiger partial charge on any atom is -0.338 e. The largest absolute Gasteiger partial charge is 0.433 e. The molecule has 1 atom stereocenters. The van der Waals surface area contributed by atoms with Gasteiger partial charge in [-0.2, -0.15) is 13.2 Å². The van der Waals surface area contributed by atoms with Crippen molar-refractivity contribution in [1.29, 1.82) is 0 Å². The molecule has 88 valence electrons. The number of hydrogen-bond donors (Lipinski definition) is 0. The molecule has 1 saturated heterocycles. The molecule has 0 amide bonds. The monoisotopic (exact) mass is 235 g/mol. The molecule has 16 heavy (non-hydrogen) atoms. The molecule has 1 fully saturated rings. The third-order valence-corrected chi connectivity index (χ3v) is 2.35. The molecule has 0 aromatic carbocycles. The summed E-state index contributed by atoms with van der Waals surface area (Å²) in [5.74, 6) is -0.0602. The molecule has 2 rings (SSSR count). The summed E-state index contributed by atoms with van der Waals surface area (Å²) in [6.07, 6.45) is -4.17. The second-order valence-electron chi connectivity index (χ2n) is 3.57. The number of aromatic nitrogens is 2. The second kappa shape index (κ2) is 3.88. The second-order valence-corrected chi connectivity index (χ2v) is 3.57. The Hall–Kier alpha value is -1.40. The van der Waals surface area contributed by atoms with Gasteiger partial charge in [0, 0.05) is 12.7 Å². The van der Waals surface area contributed by atoms with Crippen LogP contribution < -0.4 is 4.90 Å². The Morgan fingerprint density at radius 2 is 2.12 bits per heavy atom. The number of rotatable bonds is 1. The molecular weight excluding hydrogens is 226 g/mol. The van der Waals surface area contributed by atoms with Crippen molar-refractivity contribution in [3.8, 4) is 0 Å². The SMILES string of the molecule is FC1CCN(c2nccc(C(F)(F)F)n2)C1.